The molecule has 64 valence electrons. The fourth-order valence-electron chi connectivity index (χ4n) is 1.66. The zero-order valence-corrected chi connectivity index (χ0v) is 6.66. The number of hydrogen-bond acceptors (Lipinski definition) is 2. The Morgan fingerprint density at radius 1 is 1.50 bits per heavy atom. The minimum Gasteiger partial charge on any atom is -0.463 e. The quantitative estimate of drug-likeness (QED) is 0.631. The minimum atomic E-state index is -0.974. The Hall–Kier alpha value is -1.32. The van der Waals surface area contributed by atoms with E-state index < -0.39 is 6.09 Å². The van der Waals surface area contributed by atoms with Crippen LogP contribution < -0.4 is 0 Å². The lowest BCUT2D eigenvalue weighted by Crippen LogP contribution is -2.15. The highest BCUT2D eigenvalue weighted by Gasteiger charge is 2.17. The molecule has 1 heterocycles. The van der Waals surface area contributed by atoms with E-state index in [0.717, 1.165) is 41.6 Å². The van der Waals surface area contributed by atoms with Crippen molar-refractivity contribution >= 4 is 6.09 Å². The molecule has 0 atom stereocenters. The van der Waals surface area contributed by atoms with Crippen LogP contribution in [-0.4, -0.2) is 21.0 Å². The van der Waals surface area contributed by atoms with E-state index in [1.807, 2.05) is 0 Å². The predicted molar refractivity (Wildman–Crippen MR) is 42.3 cm³/mol. The Labute approximate surface area is 69.8 Å². The Bertz CT molecular complexity index is 317. The third kappa shape index (κ3) is 0.995. The van der Waals surface area contributed by atoms with Crippen LogP contribution in [0.4, 0.5) is 4.79 Å². The molecule has 1 N–H and O–H groups in total. The topological polar surface area (TPSA) is 55.1 Å². The second-order valence-electron chi connectivity index (χ2n) is 3.02. The molecule has 0 spiro atoms. The van der Waals surface area contributed by atoms with E-state index >= 15 is 0 Å². The minimum absolute atomic E-state index is 0.849. The van der Waals surface area contributed by atoms with Gasteiger partial charge in [-0.3, -0.25) is 0 Å². The highest BCUT2D eigenvalue weighted by molar-refractivity contribution is 5.68. The van der Waals surface area contributed by atoms with Crippen LogP contribution in [0, 0.1) is 0 Å². The van der Waals surface area contributed by atoms with E-state index in [0.29, 0.717) is 0 Å². The lowest BCUT2D eigenvalue weighted by Gasteiger charge is -2.10. The van der Waals surface area contributed by atoms with E-state index in [2.05, 4.69) is 5.10 Å². The maximum Gasteiger partial charge on any atom is 0.432 e. The number of aryl methyl sites for hydroxylation is 1. The molecule has 0 saturated heterocycles. The van der Waals surface area contributed by atoms with Crippen LogP contribution in [0.25, 0.3) is 0 Å². The number of hydrogen-bond donors (Lipinski definition) is 1. The Morgan fingerprint density at radius 3 is 3.00 bits per heavy atom. The Balaban J connectivity index is 2.44. The summed E-state index contributed by atoms with van der Waals surface area (Å²) in [5.74, 6) is 0. The van der Waals surface area contributed by atoms with Gasteiger partial charge in [-0.1, -0.05) is 0 Å². The summed E-state index contributed by atoms with van der Waals surface area (Å²) in [6, 6.07) is 0. The van der Waals surface area contributed by atoms with Gasteiger partial charge in [-0.2, -0.15) is 9.78 Å². The van der Waals surface area contributed by atoms with E-state index in [1.54, 1.807) is 6.20 Å². The van der Waals surface area contributed by atoms with Crippen LogP contribution in [0.15, 0.2) is 6.20 Å². The van der Waals surface area contributed by atoms with Crippen LogP contribution in [0.2, 0.25) is 0 Å². The van der Waals surface area contributed by atoms with Crippen molar-refractivity contribution < 1.29 is 9.90 Å². The average Bonchev–Trinajstić information content (AvgIpc) is 2.47. The highest BCUT2D eigenvalue weighted by atomic mass is 16.4. The first-order valence-corrected chi connectivity index (χ1v) is 4.08. The fraction of sp³-hybridized carbons (Fsp3) is 0.500. The van der Waals surface area contributed by atoms with E-state index in [-0.39, 0.29) is 0 Å². The molecule has 0 radical (unpaired) electrons. The molecule has 1 aromatic heterocycles. The lowest BCUT2D eigenvalue weighted by atomic mass is 9.98. The van der Waals surface area contributed by atoms with Gasteiger partial charge in [0.25, 0.3) is 0 Å². The van der Waals surface area contributed by atoms with Crippen LogP contribution in [-0.2, 0) is 12.8 Å². The molecular formula is C8H10N2O2. The molecule has 0 fully saturated rings. The van der Waals surface area contributed by atoms with Crippen molar-refractivity contribution in [3.8, 4) is 0 Å². The van der Waals surface area contributed by atoms with Crippen molar-refractivity contribution in [3.05, 3.63) is 17.5 Å². The van der Waals surface area contributed by atoms with Crippen molar-refractivity contribution in [2.45, 2.75) is 25.7 Å². The molecule has 0 bridgehead atoms. The zero-order chi connectivity index (χ0) is 8.55. The van der Waals surface area contributed by atoms with Gasteiger partial charge in [0.15, 0.2) is 0 Å². The van der Waals surface area contributed by atoms with Crippen LogP contribution in [0.3, 0.4) is 0 Å². The van der Waals surface area contributed by atoms with Crippen molar-refractivity contribution in [3.63, 3.8) is 0 Å². The number of rotatable bonds is 0. The normalized spacial score (nSPS) is 15.7. The van der Waals surface area contributed by atoms with Crippen LogP contribution >= 0.6 is 0 Å². The molecule has 0 aliphatic heterocycles. The van der Waals surface area contributed by atoms with Gasteiger partial charge in [0.05, 0.1) is 11.9 Å². The molecule has 4 nitrogen and oxygen atoms in total. The number of aromatic nitrogens is 2. The molecule has 1 aromatic rings. The van der Waals surface area contributed by atoms with Crippen molar-refractivity contribution in [1.82, 2.24) is 9.78 Å². The summed E-state index contributed by atoms with van der Waals surface area (Å²) in [5, 5.41) is 12.5. The molecule has 0 amide bonds. The second-order valence-corrected chi connectivity index (χ2v) is 3.02. The van der Waals surface area contributed by atoms with E-state index in [9.17, 15) is 4.79 Å². The van der Waals surface area contributed by atoms with Crippen molar-refractivity contribution in [2.24, 2.45) is 0 Å². The van der Waals surface area contributed by atoms with E-state index in [4.69, 9.17) is 5.11 Å². The van der Waals surface area contributed by atoms with Gasteiger partial charge in [0.2, 0.25) is 0 Å². The molecule has 0 unspecified atom stereocenters. The van der Waals surface area contributed by atoms with Gasteiger partial charge in [0.1, 0.15) is 0 Å². The summed E-state index contributed by atoms with van der Waals surface area (Å²) in [5.41, 5.74) is 1.98. The predicted octanol–water partition coefficient (Wildman–Crippen LogP) is 1.29. The van der Waals surface area contributed by atoms with Crippen molar-refractivity contribution in [2.75, 3.05) is 0 Å². The van der Waals surface area contributed by atoms with Gasteiger partial charge in [-0.15, -0.1) is 0 Å². The van der Waals surface area contributed by atoms with Crippen molar-refractivity contribution in [1.29, 1.82) is 0 Å². The maximum atomic E-state index is 10.6. The SMILES string of the molecule is O=C(O)n1ncc2c1CCCC2. The second kappa shape index (κ2) is 2.62. The molecule has 12 heavy (non-hydrogen) atoms. The molecule has 0 aromatic carbocycles. The summed E-state index contributed by atoms with van der Waals surface area (Å²) >= 11 is 0. The molecule has 4 heteroatoms. The standard InChI is InChI=1S/C8H10N2O2/c11-8(12)10-7-4-2-1-3-6(7)5-9-10/h5H,1-4H2,(H,11,12). The number of carbonyl (C=O) groups is 1. The lowest BCUT2D eigenvalue weighted by molar-refractivity contribution is 0.191. The highest BCUT2D eigenvalue weighted by Crippen LogP contribution is 2.20. The molecule has 1 aliphatic rings. The first-order chi connectivity index (χ1) is 5.79. The number of carboxylic acid groups (broad SMARTS) is 1. The molecule has 0 saturated carbocycles. The smallest absolute Gasteiger partial charge is 0.432 e. The third-order valence-corrected chi connectivity index (χ3v) is 2.25. The first kappa shape index (κ1) is 7.34. The summed E-state index contributed by atoms with van der Waals surface area (Å²) in [4.78, 5) is 10.6. The molecular weight excluding hydrogens is 156 g/mol. The van der Waals surface area contributed by atoms with Crippen LogP contribution in [0.5, 0.6) is 0 Å². The fourth-order valence-corrected chi connectivity index (χ4v) is 1.66. The van der Waals surface area contributed by atoms with Gasteiger partial charge in [-0.05, 0) is 31.2 Å². The van der Waals surface area contributed by atoms with E-state index in [1.165, 1.54) is 0 Å². The summed E-state index contributed by atoms with van der Waals surface area (Å²) in [6.07, 6.45) is 4.75. The first-order valence-electron chi connectivity index (χ1n) is 4.08. The zero-order valence-electron chi connectivity index (χ0n) is 6.66. The number of nitrogens with zero attached hydrogens (tertiary/aromatic N) is 2. The van der Waals surface area contributed by atoms with Gasteiger partial charge in [0, 0.05) is 0 Å². The summed E-state index contributed by atoms with van der Waals surface area (Å²) < 4.78 is 1.09. The third-order valence-electron chi connectivity index (χ3n) is 2.25. The van der Waals surface area contributed by atoms with Gasteiger partial charge in [-0.25, -0.2) is 4.79 Å². The Kier molecular flexibility index (Phi) is 1.60. The van der Waals surface area contributed by atoms with Crippen LogP contribution in [0.1, 0.15) is 24.1 Å². The summed E-state index contributed by atoms with van der Waals surface area (Å²) in [6.45, 7) is 0. The largest absolute Gasteiger partial charge is 0.463 e. The van der Waals surface area contributed by atoms with Gasteiger partial charge >= 0.3 is 6.09 Å². The Morgan fingerprint density at radius 2 is 2.25 bits per heavy atom. The molecule has 2 rings (SSSR count). The average molecular weight is 166 g/mol. The molecule has 1 aliphatic carbocycles. The van der Waals surface area contributed by atoms with Gasteiger partial charge < -0.3 is 5.11 Å². The summed E-state index contributed by atoms with van der Waals surface area (Å²) in [7, 11) is 0. The maximum absolute atomic E-state index is 10.6. The monoisotopic (exact) mass is 166 g/mol. The number of fused-ring (bicyclic) bond motifs is 1.